The van der Waals surface area contributed by atoms with Crippen LogP contribution in [0.4, 0.5) is 4.79 Å². The summed E-state index contributed by atoms with van der Waals surface area (Å²) >= 11 is 6.70. The summed E-state index contributed by atoms with van der Waals surface area (Å²) in [5.41, 5.74) is 3.14. The summed E-state index contributed by atoms with van der Waals surface area (Å²) in [6.45, 7) is 6.69. The number of pyridine rings is 1. The van der Waals surface area contributed by atoms with Gasteiger partial charge in [0.05, 0.1) is 16.6 Å². The molecule has 0 N–H and O–H groups in total. The molecule has 0 spiro atoms. The minimum atomic E-state index is -0.526. The van der Waals surface area contributed by atoms with E-state index in [0.29, 0.717) is 18.7 Å². The molecule has 170 valence electrons. The van der Waals surface area contributed by atoms with Gasteiger partial charge >= 0.3 is 6.09 Å². The van der Waals surface area contributed by atoms with Crippen molar-refractivity contribution in [1.29, 1.82) is 0 Å². The maximum Gasteiger partial charge on any atom is 0.410 e. The van der Waals surface area contributed by atoms with Gasteiger partial charge in [0.15, 0.2) is 0 Å². The summed E-state index contributed by atoms with van der Waals surface area (Å²) in [4.78, 5) is 34.7. The first kappa shape index (κ1) is 21.5. The normalized spacial score (nSPS) is 22.8. The molecule has 6 nitrogen and oxygen atoms in total. The molecule has 1 aromatic carbocycles. The summed E-state index contributed by atoms with van der Waals surface area (Å²) in [6.07, 6.45) is 5.71. The van der Waals surface area contributed by atoms with Crippen molar-refractivity contribution in [3.63, 3.8) is 0 Å². The lowest BCUT2D eigenvalue weighted by molar-refractivity contribution is -0.0341. The number of amides is 2. The molecule has 3 fully saturated rings. The van der Waals surface area contributed by atoms with Crippen LogP contribution in [0.15, 0.2) is 18.2 Å². The zero-order valence-electron chi connectivity index (χ0n) is 19.0. The van der Waals surface area contributed by atoms with E-state index in [0.717, 1.165) is 60.1 Å². The van der Waals surface area contributed by atoms with Crippen molar-refractivity contribution >= 4 is 34.5 Å². The molecule has 2 unspecified atom stereocenters. The van der Waals surface area contributed by atoms with E-state index in [1.807, 2.05) is 43.9 Å². The number of carbonyl (C=O) groups excluding carboxylic acids is 2. The lowest BCUT2D eigenvalue weighted by Crippen LogP contribution is -2.65. The minimum Gasteiger partial charge on any atom is -0.444 e. The SMILES string of the molecule is CC(C)(C)OC(=O)N1CC2CCC1CN2C(=O)c1ccc2c(Cl)c3c(nc2c1)CCCC3. The van der Waals surface area contributed by atoms with Crippen LogP contribution in [0.3, 0.4) is 0 Å². The predicted octanol–water partition coefficient (Wildman–Crippen LogP) is 4.99. The number of hydrogen-bond acceptors (Lipinski definition) is 4. The Morgan fingerprint density at radius 1 is 1.06 bits per heavy atom. The van der Waals surface area contributed by atoms with E-state index in [1.165, 1.54) is 5.56 Å². The number of fused-ring (bicyclic) bond motifs is 5. The zero-order valence-corrected chi connectivity index (χ0v) is 19.7. The topological polar surface area (TPSA) is 62.7 Å². The molecule has 32 heavy (non-hydrogen) atoms. The number of nitrogens with zero attached hydrogens (tertiary/aromatic N) is 3. The van der Waals surface area contributed by atoms with Gasteiger partial charge in [-0.15, -0.1) is 0 Å². The molecule has 6 rings (SSSR count). The summed E-state index contributed by atoms with van der Waals surface area (Å²) in [5.74, 6) is 0.00100. The first-order valence-electron chi connectivity index (χ1n) is 11.6. The molecule has 2 atom stereocenters. The summed E-state index contributed by atoms with van der Waals surface area (Å²) in [6, 6.07) is 5.69. The molecule has 1 aliphatic carbocycles. The number of carbonyl (C=O) groups is 2. The number of aryl methyl sites for hydroxylation is 1. The standard InChI is InChI=1S/C25H30ClN3O3/c1-25(2,3)32-24(31)29-14-16-9-10-17(29)13-28(16)23(30)15-8-11-19-21(12-15)27-20-7-5-4-6-18(20)22(19)26/h8,11-12,16-17H,4-7,9-10,13-14H2,1-3H3. The van der Waals surface area contributed by atoms with Crippen molar-refractivity contribution in [2.75, 3.05) is 13.1 Å². The van der Waals surface area contributed by atoms with Crippen LogP contribution in [0, 0.1) is 0 Å². The highest BCUT2D eigenvalue weighted by Gasteiger charge is 2.44. The molecule has 2 aromatic rings. The van der Waals surface area contributed by atoms with Gasteiger partial charge in [0.25, 0.3) is 5.91 Å². The van der Waals surface area contributed by atoms with Crippen molar-refractivity contribution in [3.8, 4) is 0 Å². The van der Waals surface area contributed by atoms with Gasteiger partial charge in [-0.25, -0.2) is 4.79 Å². The van der Waals surface area contributed by atoms with E-state index in [2.05, 4.69) is 0 Å². The Labute approximate surface area is 193 Å². The van der Waals surface area contributed by atoms with Crippen LogP contribution in [0.25, 0.3) is 10.9 Å². The van der Waals surface area contributed by atoms with Gasteiger partial charge in [-0.05, 0) is 77.0 Å². The third kappa shape index (κ3) is 3.83. The lowest BCUT2D eigenvalue weighted by Gasteiger charge is -2.51. The van der Waals surface area contributed by atoms with Crippen LogP contribution >= 0.6 is 11.6 Å². The maximum atomic E-state index is 13.4. The third-order valence-electron chi connectivity index (χ3n) is 6.86. The quantitative estimate of drug-likeness (QED) is 0.607. The van der Waals surface area contributed by atoms with Gasteiger partial charge in [0, 0.05) is 35.8 Å². The Bertz CT molecular complexity index is 1090. The highest BCUT2D eigenvalue weighted by molar-refractivity contribution is 6.36. The average molecular weight is 456 g/mol. The number of benzene rings is 1. The van der Waals surface area contributed by atoms with Crippen molar-refractivity contribution in [3.05, 3.63) is 40.0 Å². The molecular weight excluding hydrogens is 426 g/mol. The van der Waals surface area contributed by atoms with E-state index in [9.17, 15) is 9.59 Å². The second kappa shape index (κ2) is 7.91. The third-order valence-corrected chi connectivity index (χ3v) is 7.29. The van der Waals surface area contributed by atoms with Gasteiger partial charge in [0.2, 0.25) is 0 Å². The molecular formula is C25H30ClN3O3. The molecule has 0 saturated carbocycles. The van der Waals surface area contributed by atoms with Gasteiger partial charge in [-0.2, -0.15) is 0 Å². The fraction of sp³-hybridized carbons (Fsp3) is 0.560. The molecule has 4 heterocycles. The molecule has 4 aliphatic rings. The van der Waals surface area contributed by atoms with Crippen molar-refractivity contribution in [1.82, 2.24) is 14.8 Å². The highest BCUT2D eigenvalue weighted by Crippen LogP contribution is 2.35. The van der Waals surface area contributed by atoms with Gasteiger partial charge in [-0.3, -0.25) is 9.78 Å². The second-order valence-corrected chi connectivity index (χ2v) is 10.6. The van der Waals surface area contributed by atoms with Crippen molar-refractivity contribution in [2.45, 2.75) is 77.0 Å². The largest absolute Gasteiger partial charge is 0.444 e. The number of rotatable bonds is 1. The predicted molar refractivity (Wildman–Crippen MR) is 124 cm³/mol. The molecule has 3 saturated heterocycles. The van der Waals surface area contributed by atoms with Crippen LogP contribution in [-0.4, -0.2) is 57.6 Å². The first-order valence-corrected chi connectivity index (χ1v) is 12.0. The second-order valence-electron chi connectivity index (χ2n) is 10.3. The Morgan fingerprint density at radius 3 is 2.44 bits per heavy atom. The summed E-state index contributed by atoms with van der Waals surface area (Å²) in [7, 11) is 0. The monoisotopic (exact) mass is 455 g/mol. The molecule has 3 aliphatic heterocycles. The average Bonchev–Trinajstić information content (AvgIpc) is 2.77. The Morgan fingerprint density at radius 2 is 1.75 bits per heavy atom. The number of halogens is 1. The zero-order chi connectivity index (χ0) is 22.6. The van der Waals surface area contributed by atoms with Crippen LogP contribution in [0.5, 0.6) is 0 Å². The Balaban J connectivity index is 1.38. The van der Waals surface area contributed by atoms with E-state index in [1.54, 1.807) is 4.90 Å². The lowest BCUT2D eigenvalue weighted by atomic mass is 9.90. The Hall–Kier alpha value is -2.34. The molecule has 2 bridgehead atoms. The number of piperidine rings is 2. The summed E-state index contributed by atoms with van der Waals surface area (Å²) < 4.78 is 5.58. The van der Waals surface area contributed by atoms with Crippen LogP contribution in [0.2, 0.25) is 5.02 Å². The van der Waals surface area contributed by atoms with E-state index >= 15 is 0 Å². The number of ether oxygens (including phenoxy) is 1. The molecule has 0 radical (unpaired) electrons. The van der Waals surface area contributed by atoms with Crippen molar-refractivity contribution in [2.24, 2.45) is 0 Å². The number of hydrogen-bond donors (Lipinski definition) is 0. The van der Waals surface area contributed by atoms with Crippen molar-refractivity contribution < 1.29 is 14.3 Å². The van der Waals surface area contributed by atoms with Gasteiger partial charge in [0.1, 0.15) is 5.60 Å². The van der Waals surface area contributed by atoms with E-state index < -0.39 is 5.60 Å². The van der Waals surface area contributed by atoms with Crippen LogP contribution < -0.4 is 0 Å². The minimum absolute atomic E-state index is 0.00100. The molecule has 2 amide bonds. The Kier molecular flexibility index (Phi) is 5.31. The smallest absolute Gasteiger partial charge is 0.410 e. The fourth-order valence-corrected chi connectivity index (χ4v) is 5.65. The molecule has 7 heteroatoms. The highest BCUT2D eigenvalue weighted by atomic mass is 35.5. The summed E-state index contributed by atoms with van der Waals surface area (Å²) in [5, 5.41) is 1.70. The number of aromatic nitrogens is 1. The number of piperazine rings is 1. The van der Waals surface area contributed by atoms with Crippen LogP contribution in [0.1, 0.15) is 68.1 Å². The first-order chi connectivity index (χ1) is 15.2. The maximum absolute atomic E-state index is 13.4. The van der Waals surface area contributed by atoms with Crippen LogP contribution in [-0.2, 0) is 17.6 Å². The fourth-order valence-electron chi connectivity index (χ4n) is 5.29. The van der Waals surface area contributed by atoms with Gasteiger partial charge in [-0.1, -0.05) is 17.7 Å². The van der Waals surface area contributed by atoms with Gasteiger partial charge < -0.3 is 14.5 Å². The van der Waals surface area contributed by atoms with E-state index in [4.69, 9.17) is 21.3 Å². The molecule has 1 aromatic heterocycles. The van der Waals surface area contributed by atoms with E-state index in [-0.39, 0.29) is 24.1 Å².